The first-order valence-electron chi connectivity index (χ1n) is 9.56. The lowest BCUT2D eigenvalue weighted by Crippen LogP contribution is -2.40. The highest BCUT2D eigenvalue weighted by Gasteiger charge is 2.22. The Labute approximate surface area is 161 Å². The number of guanidine groups is 1. The molecule has 1 heterocycles. The molecular formula is C20H32N4O3. The van der Waals surface area contributed by atoms with E-state index in [0.717, 1.165) is 24.2 Å². The fourth-order valence-corrected chi connectivity index (χ4v) is 2.90. The van der Waals surface area contributed by atoms with E-state index < -0.39 is 5.60 Å². The van der Waals surface area contributed by atoms with Gasteiger partial charge >= 0.3 is 6.09 Å². The van der Waals surface area contributed by atoms with E-state index in [9.17, 15) is 4.79 Å². The number of hydrogen-bond acceptors (Lipinski definition) is 4. The lowest BCUT2D eigenvalue weighted by Gasteiger charge is -2.27. The highest BCUT2D eigenvalue weighted by atomic mass is 16.6. The number of fused-ring (bicyclic) bond motifs is 1. The number of amides is 1. The number of nitrogens with zero attached hydrogens (tertiary/aromatic N) is 2. The van der Waals surface area contributed by atoms with Gasteiger partial charge in [0.1, 0.15) is 11.4 Å². The minimum Gasteiger partial charge on any atom is -0.493 e. The smallest absolute Gasteiger partial charge is 0.410 e. The molecule has 0 aromatic heterocycles. The summed E-state index contributed by atoms with van der Waals surface area (Å²) in [6.07, 6.45) is 1.37. The minimum atomic E-state index is -0.511. The normalized spacial score (nSPS) is 16.9. The molecule has 150 valence electrons. The number of nitrogens with two attached hydrogens (primary N) is 1. The Morgan fingerprint density at radius 1 is 1.37 bits per heavy atom. The van der Waals surface area contributed by atoms with Gasteiger partial charge in [0.15, 0.2) is 5.96 Å². The van der Waals surface area contributed by atoms with E-state index in [2.05, 4.69) is 10.3 Å². The molecule has 1 aromatic carbocycles. The quantitative estimate of drug-likeness (QED) is 0.588. The van der Waals surface area contributed by atoms with Crippen LogP contribution in [0, 0.1) is 0 Å². The van der Waals surface area contributed by atoms with Gasteiger partial charge < -0.3 is 25.4 Å². The van der Waals surface area contributed by atoms with Gasteiger partial charge in [-0.05, 0) is 33.3 Å². The van der Waals surface area contributed by atoms with E-state index in [4.69, 9.17) is 15.2 Å². The lowest BCUT2D eigenvalue weighted by molar-refractivity contribution is 0.0256. The summed E-state index contributed by atoms with van der Waals surface area (Å²) >= 11 is 0. The van der Waals surface area contributed by atoms with Gasteiger partial charge in [0, 0.05) is 25.1 Å². The first-order valence-corrected chi connectivity index (χ1v) is 9.56. The van der Waals surface area contributed by atoms with Crippen molar-refractivity contribution in [3.05, 3.63) is 29.8 Å². The van der Waals surface area contributed by atoms with Gasteiger partial charge in [-0.25, -0.2) is 4.79 Å². The predicted octanol–water partition coefficient (Wildman–Crippen LogP) is 3.06. The first kappa shape index (κ1) is 20.9. The van der Waals surface area contributed by atoms with E-state index in [-0.39, 0.29) is 12.1 Å². The molecule has 1 aliphatic heterocycles. The maximum Gasteiger partial charge on any atom is 0.410 e. The van der Waals surface area contributed by atoms with Gasteiger partial charge in [-0.2, -0.15) is 0 Å². The van der Waals surface area contributed by atoms with Crippen molar-refractivity contribution in [1.82, 2.24) is 10.2 Å². The van der Waals surface area contributed by atoms with Gasteiger partial charge in [0.25, 0.3) is 0 Å². The number of rotatable bonds is 6. The van der Waals surface area contributed by atoms with Crippen LogP contribution in [0.3, 0.4) is 0 Å². The van der Waals surface area contributed by atoms with E-state index in [1.165, 1.54) is 0 Å². The van der Waals surface area contributed by atoms with Gasteiger partial charge in [-0.3, -0.25) is 4.99 Å². The lowest BCUT2D eigenvalue weighted by atomic mass is 10.0. The van der Waals surface area contributed by atoms with Crippen molar-refractivity contribution in [3.8, 4) is 5.75 Å². The summed E-state index contributed by atoms with van der Waals surface area (Å²) in [5.41, 5.74) is 6.64. The van der Waals surface area contributed by atoms with Crippen molar-refractivity contribution in [2.24, 2.45) is 10.7 Å². The van der Waals surface area contributed by atoms with Crippen LogP contribution in [0.1, 0.15) is 52.1 Å². The monoisotopic (exact) mass is 376 g/mol. The van der Waals surface area contributed by atoms with Crippen molar-refractivity contribution in [2.75, 3.05) is 26.2 Å². The van der Waals surface area contributed by atoms with E-state index in [1.54, 1.807) is 4.90 Å². The average Bonchev–Trinajstić information content (AvgIpc) is 2.60. The Kier molecular flexibility index (Phi) is 7.33. The molecule has 1 amide bonds. The molecule has 27 heavy (non-hydrogen) atoms. The number of benzene rings is 1. The zero-order valence-electron chi connectivity index (χ0n) is 16.8. The van der Waals surface area contributed by atoms with Crippen LogP contribution in [0.2, 0.25) is 0 Å². The molecule has 2 rings (SSSR count). The molecule has 7 heteroatoms. The third-order valence-electron chi connectivity index (χ3n) is 4.08. The van der Waals surface area contributed by atoms with Crippen LogP contribution < -0.4 is 15.8 Å². The van der Waals surface area contributed by atoms with E-state index >= 15 is 0 Å². The fraction of sp³-hybridized carbons (Fsp3) is 0.600. The Morgan fingerprint density at radius 2 is 2.11 bits per heavy atom. The van der Waals surface area contributed by atoms with Crippen molar-refractivity contribution in [1.29, 1.82) is 0 Å². The molecule has 0 spiro atoms. The highest BCUT2D eigenvalue weighted by Crippen LogP contribution is 2.31. The molecule has 0 saturated heterocycles. The summed E-state index contributed by atoms with van der Waals surface area (Å²) in [4.78, 5) is 18.3. The Bertz CT molecular complexity index is 655. The van der Waals surface area contributed by atoms with Gasteiger partial charge in [-0.15, -0.1) is 0 Å². The third kappa shape index (κ3) is 6.66. The first-order chi connectivity index (χ1) is 12.8. The number of ether oxygens (including phenoxy) is 2. The van der Waals surface area contributed by atoms with Crippen LogP contribution in [0.15, 0.2) is 29.3 Å². The molecule has 1 aliphatic rings. The Hall–Kier alpha value is -2.44. The van der Waals surface area contributed by atoms with E-state index in [0.29, 0.717) is 32.2 Å². The summed E-state index contributed by atoms with van der Waals surface area (Å²) in [5, 5.41) is 3.26. The van der Waals surface area contributed by atoms with Gasteiger partial charge in [0.2, 0.25) is 0 Å². The number of carbonyl (C=O) groups excluding carboxylic acids is 1. The molecule has 0 bridgehead atoms. The molecule has 0 fully saturated rings. The second kappa shape index (κ2) is 9.48. The number of aliphatic imine (C=N–C) groups is 1. The van der Waals surface area contributed by atoms with Crippen LogP contribution in [-0.4, -0.2) is 48.8 Å². The summed E-state index contributed by atoms with van der Waals surface area (Å²) < 4.78 is 11.1. The van der Waals surface area contributed by atoms with Crippen molar-refractivity contribution in [2.45, 2.75) is 52.2 Å². The van der Waals surface area contributed by atoms with E-state index in [1.807, 2.05) is 52.0 Å². The second-order valence-electron chi connectivity index (χ2n) is 7.61. The van der Waals surface area contributed by atoms with Gasteiger partial charge in [-0.1, -0.05) is 25.1 Å². The zero-order valence-corrected chi connectivity index (χ0v) is 16.8. The topological polar surface area (TPSA) is 89.2 Å². The van der Waals surface area contributed by atoms with Crippen LogP contribution >= 0.6 is 0 Å². The Morgan fingerprint density at radius 3 is 2.81 bits per heavy atom. The van der Waals surface area contributed by atoms with Crippen LogP contribution in [0.4, 0.5) is 4.79 Å². The fourth-order valence-electron chi connectivity index (χ4n) is 2.90. The van der Waals surface area contributed by atoms with Gasteiger partial charge in [0.05, 0.1) is 19.2 Å². The number of para-hydroxylation sites is 1. The SMILES string of the molecule is CCCN(CCN=C(N)NC1CCOc2ccccc21)C(=O)OC(C)(C)C. The average molecular weight is 377 g/mol. The summed E-state index contributed by atoms with van der Waals surface area (Å²) in [6.45, 7) is 9.77. The minimum absolute atomic E-state index is 0.0799. The zero-order chi connectivity index (χ0) is 19.9. The second-order valence-corrected chi connectivity index (χ2v) is 7.61. The largest absolute Gasteiger partial charge is 0.493 e. The summed E-state index contributed by atoms with van der Waals surface area (Å²) in [7, 11) is 0. The van der Waals surface area contributed by atoms with Crippen molar-refractivity contribution < 1.29 is 14.3 Å². The van der Waals surface area contributed by atoms with Crippen LogP contribution in [0.25, 0.3) is 0 Å². The third-order valence-corrected chi connectivity index (χ3v) is 4.08. The maximum atomic E-state index is 12.3. The van der Waals surface area contributed by atoms with Crippen molar-refractivity contribution >= 4 is 12.1 Å². The number of hydrogen-bond donors (Lipinski definition) is 2. The van der Waals surface area contributed by atoms with Crippen LogP contribution in [-0.2, 0) is 4.74 Å². The predicted molar refractivity (Wildman–Crippen MR) is 107 cm³/mol. The van der Waals surface area contributed by atoms with Crippen LogP contribution in [0.5, 0.6) is 5.75 Å². The molecule has 0 aliphatic carbocycles. The molecule has 1 aromatic rings. The van der Waals surface area contributed by atoms with Crippen molar-refractivity contribution in [3.63, 3.8) is 0 Å². The Balaban J connectivity index is 1.90. The number of carbonyl (C=O) groups is 1. The molecule has 3 N–H and O–H groups in total. The molecule has 0 saturated carbocycles. The standard InChI is InChI=1S/C20H32N4O3/c1-5-12-24(19(25)27-20(2,3)4)13-11-22-18(21)23-16-10-14-26-17-9-7-6-8-15(16)17/h6-9,16H,5,10-14H2,1-4H3,(H3,21,22,23). The molecule has 0 radical (unpaired) electrons. The molecular weight excluding hydrogens is 344 g/mol. The summed E-state index contributed by atoms with van der Waals surface area (Å²) in [6, 6.07) is 8.01. The molecule has 7 nitrogen and oxygen atoms in total. The summed E-state index contributed by atoms with van der Waals surface area (Å²) in [5.74, 6) is 1.26. The molecule has 1 unspecified atom stereocenters. The molecule has 1 atom stereocenters. The maximum absolute atomic E-state index is 12.3. The highest BCUT2D eigenvalue weighted by molar-refractivity contribution is 5.78. The number of nitrogens with one attached hydrogen (secondary N) is 1.